The molecule has 198 valence electrons. The van der Waals surface area contributed by atoms with Gasteiger partial charge in [0.25, 0.3) is 11.8 Å². The number of nitrogens with zero attached hydrogens (tertiary/aromatic N) is 3. The first-order valence-corrected chi connectivity index (χ1v) is 13.4. The Bertz CT molecular complexity index is 1630. The molecule has 3 aliphatic carbocycles. The van der Waals surface area contributed by atoms with Crippen LogP contribution in [-0.2, 0) is 14.3 Å². The van der Waals surface area contributed by atoms with Crippen molar-refractivity contribution in [3.05, 3.63) is 124 Å². The van der Waals surface area contributed by atoms with Gasteiger partial charge in [-0.1, -0.05) is 48.5 Å². The number of hydrazone groups is 1. The van der Waals surface area contributed by atoms with Crippen molar-refractivity contribution in [1.29, 1.82) is 0 Å². The maximum absolute atomic E-state index is 13.8. The van der Waals surface area contributed by atoms with Crippen LogP contribution in [0.15, 0.2) is 84.0 Å². The van der Waals surface area contributed by atoms with Gasteiger partial charge in [0.15, 0.2) is 0 Å². The van der Waals surface area contributed by atoms with E-state index < -0.39 is 11.8 Å². The number of imide groups is 1. The summed E-state index contributed by atoms with van der Waals surface area (Å²) in [7, 11) is 1.36. The molecular weight excluding hydrogens is 502 g/mol. The van der Waals surface area contributed by atoms with Crippen molar-refractivity contribution >= 4 is 24.0 Å². The maximum Gasteiger partial charge on any atom is 0.337 e. The lowest BCUT2D eigenvalue weighted by atomic mass is 9.55. The Morgan fingerprint density at radius 3 is 1.77 bits per heavy atom. The van der Waals surface area contributed by atoms with E-state index in [9.17, 15) is 14.4 Å². The van der Waals surface area contributed by atoms with Gasteiger partial charge in [-0.2, -0.15) is 10.1 Å². The maximum atomic E-state index is 13.8. The first-order chi connectivity index (χ1) is 19.4. The number of esters is 1. The molecule has 4 aromatic rings. The number of carbonyl (C=O) groups is 3. The zero-order valence-electron chi connectivity index (χ0n) is 22.4. The summed E-state index contributed by atoms with van der Waals surface area (Å²) in [5.41, 5.74) is 8.59. The molecule has 0 radical (unpaired) electrons. The zero-order chi connectivity index (χ0) is 27.7. The SMILES string of the molecule is COC(=O)c1ccc(-n2c(C)cc(/C=N\N3C(=O)[C@@H]4C5c6ccccc6C(c6ccccc65)[C@@H]4C3=O)c2C)cc1. The van der Waals surface area contributed by atoms with Crippen LogP contribution >= 0.6 is 0 Å². The number of benzene rings is 3. The van der Waals surface area contributed by atoms with Crippen LogP contribution in [0.5, 0.6) is 0 Å². The molecular formula is C33H27N3O4. The average molecular weight is 530 g/mol. The molecule has 2 bridgehead atoms. The van der Waals surface area contributed by atoms with Crippen molar-refractivity contribution in [3.63, 3.8) is 0 Å². The number of ether oxygens (including phenoxy) is 1. The number of aryl methyl sites for hydroxylation is 1. The summed E-state index contributed by atoms with van der Waals surface area (Å²) < 4.78 is 6.84. The Labute approximate surface area is 231 Å². The molecule has 1 fully saturated rings. The fourth-order valence-corrected chi connectivity index (χ4v) is 7.08. The summed E-state index contributed by atoms with van der Waals surface area (Å²) in [5.74, 6) is -2.09. The molecule has 0 N–H and O–H groups in total. The monoisotopic (exact) mass is 529 g/mol. The first-order valence-electron chi connectivity index (χ1n) is 13.4. The highest BCUT2D eigenvalue weighted by Gasteiger charge is 2.61. The van der Waals surface area contributed by atoms with Gasteiger partial charge in [0, 0.05) is 34.5 Å². The standard InChI is InChI=1S/C33H27N3O4/c1-18-16-21(19(2)35(18)22-14-12-20(13-15-22)33(39)40-3)17-34-36-31(37)29-27-23-8-4-5-9-24(23)28(30(29)32(36)38)26-11-7-6-10-25(26)27/h4-17,27-30H,1-3H3/b34-17-/t27?,28?,29-,30+. The van der Waals surface area contributed by atoms with Crippen molar-refractivity contribution in [2.45, 2.75) is 25.7 Å². The predicted molar refractivity (Wildman–Crippen MR) is 150 cm³/mol. The van der Waals surface area contributed by atoms with Gasteiger partial charge in [0.05, 0.1) is 30.7 Å². The lowest BCUT2D eigenvalue weighted by molar-refractivity contribution is -0.139. The number of aromatic nitrogens is 1. The van der Waals surface area contributed by atoms with Gasteiger partial charge >= 0.3 is 5.97 Å². The van der Waals surface area contributed by atoms with E-state index >= 15 is 0 Å². The number of methoxy groups -OCH3 is 1. The smallest absolute Gasteiger partial charge is 0.337 e. The molecule has 0 unspecified atom stereocenters. The first kappa shape index (κ1) is 24.3. The highest BCUT2D eigenvalue weighted by Crippen LogP contribution is 2.60. The van der Waals surface area contributed by atoms with Gasteiger partial charge in [-0.25, -0.2) is 4.79 Å². The second-order valence-electron chi connectivity index (χ2n) is 10.7. The summed E-state index contributed by atoms with van der Waals surface area (Å²) in [5, 5.41) is 5.60. The Hall–Kier alpha value is -4.78. The van der Waals surface area contributed by atoms with E-state index in [0.717, 1.165) is 49.9 Å². The number of rotatable bonds is 4. The fourth-order valence-electron chi connectivity index (χ4n) is 7.08. The molecule has 1 aromatic heterocycles. The van der Waals surface area contributed by atoms with Crippen LogP contribution < -0.4 is 0 Å². The van der Waals surface area contributed by atoms with E-state index in [1.165, 1.54) is 7.11 Å². The third-order valence-corrected chi connectivity index (χ3v) is 8.75. The number of hydrogen-bond donors (Lipinski definition) is 0. The Balaban J connectivity index is 1.22. The second kappa shape index (κ2) is 8.88. The summed E-state index contributed by atoms with van der Waals surface area (Å²) in [6.45, 7) is 3.94. The minimum atomic E-state index is -0.458. The normalized spacial score (nSPS) is 22.4. The molecule has 2 amide bonds. The highest BCUT2D eigenvalue weighted by molar-refractivity contribution is 6.08. The Morgan fingerprint density at radius 2 is 1.30 bits per heavy atom. The fraction of sp³-hybridized carbons (Fsp3) is 0.212. The molecule has 7 nitrogen and oxygen atoms in total. The van der Waals surface area contributed by atoms with Gasteiger partial charge in [0.2, 0.25) is 0 Å². The quantitative estimate of drug-likeness (QED) is 0.209. The zero-order valence-corrected chi connectivity index (χ0v) is 22.4. The topological polar surface area (TPSA) is 81.0 Å². The molecule has 4 aliphatic rings. The third kappa shape index (κ3) is 3.30. The van der Waals surface area contributed by atoms with E-state index in [1.807, 2.05) is 60.9 Å². The van der Waals surface area contributed by atoms with Gasteiger partial charge in [-0.15, -0.1) is 0 Å². The van der Waals surface area contributed by atoms with Crippen LogP contribution in [0.2, 0.25) is 0 Å². The minimum absolute atomic E-state index is 0.155. The van der Waals surface area contributed by atoms with E-state index in [4.69, 9.17) is 4.74 Å². The van der Waals surface area contributed by atoms with Crippen molar-refractivity contribution in [2.24, 2.45) is 16.9 Å². The molecule has 7 heteroatoms. The summed E-state index contributed by atoms with van der Waals surface area (Å²) in [4.78, 5) is 39.5. The van der Waals surface area contributed by atoms with Gasteiger partial charge in [-0.3, -0.25) is 9.59 Å². The average Bonchev–Trinajstić information content (AvgIpc) is 3.42. The van der Waals surface area contributed by atoms with Crippen molar-refractivity contribution in [1.82, 2.24) is 9.58 Å². The Morgan fingerprint density at radius 1 is 0.800 bits per heavy atom. The van der Waals surface area contributed by atoms with Crippen LogP contribution in [0.3, 0.4) is 0 Å². The molecule has 1 aliphatic heterocycles. The van der Waals surface area contributed by atoms with E-state index in [0.29, 0.717) is 5.56 Å². The van der Waals surface area contributed by atoms with Crippen LogP contribution in [0.4, 0.5) is 0 Å². The van der Waals surface area contributed by atoms with Crippen LogP contribution in [0.25, 0.3) is 5.69 Å². The predicted octanol–water partition coefficient (Wildman–Crippen LogP) is 5.11. The molecule has 8 rings (SSSR count). The molecule has 0 spiro atoms. The second-order valence-corrected chi connectivity index (χ2v) is 10.7. The minimum Gasteiger partial charge on any atom is -0.465 e. The molecule has 2 atom stereocenters. The lowest BCUT2D eigenvalue weighted by Crippen LogP contribution is -2.41. The molecule has 2 heterocycles. The number of hydrogen-bond acceptors (Lipinski definition) is 5. The highest BCUT2D eigenvalue weighted by atomic mass is 16.5. The molecule has 0 saturated carbocycles. The molecule has 40 heavy (non-hydrogen) atoms. The lowest BCUT2D eigenvalue weighted by Gasteiger charge is -2.45. The van der Waals surface area contributed by atoms with Gasteiger partial charge < -0.3 is 9.30 Å². The number of carbonyl (C=O) groups excluding carboxylic acids is 3. The largest absolute Gasteiger partial charge is 0.465 e. The van der Waals surface area contributed by atoms with E-state index in [1.54, 1.807) is 18.3 Å². The summed E-state index contributed by atoms with van der Waals surface area (Å²) in [6.07, 6.45) is 1.61. The van der Waals surface area contributed by atoms with Crippen LogP contribution in [-0.4, -0.2) is 40.7 Å². The van der Waals surface area contributed by atoms with Crippen LogP contribution in [0.1, 0.15) is 61.4 Å². The number of amides is 2. The third-order valence-electron chi connectivity index (χ3n) is 8.75. The Kier molecular flexibility index (Phi) is 5.39. The molecule has 3 aromatic carbocycles. The van der Waals surface area contributed by atoms with Gasteiger partial charge in [0.1, 0.15) is 0 Å². The summed E-state index contributed by atoms with van der Waals surface area (Å²) in [6, 6.07) is 25.5. The van der Waals surface area contributed by atoms with Crippen molar-refractivity contribution in [3.8, 4) is 5.69 Å². The van der Waals surface area contributed by atoms with Crippen molar-refractivity contribution < 1.29 is 19.1 Å². The van der Waals surface area contributed by atoms with Crippen molar-refractivity contribution in [2.75, 3.05) is 7.11 Å². The summed E-state index contributed by atoms with van der Waals surface area (Å²) >= 11 is 0. The van der Waals surface area contributed by atoms with Crippen LogP contribution in [0, 0.1) is 25.7 Å². The molecule has 1 saturated heterocycles. The van der Waals surface area contributed by atoms with Gasteiger partial charge in [-0.05, 0) is 66.4 Å². The van der Waals surface area contributed by atoms with E-state index in [2.05, 4.69) is 29.4 Å². The van der Waals surface area contributed by atoms with E-state index in [-0.39, 0.29) is 29.6 Å².